The first kappa shape index (κ1) is 10.8. The third-order valence-corrected chi connectivity index (χ3v) is 1.37. The van der Waals surface area contributed by atoms with E-state index in [9.17, 15) is 4.79 Å². The van der Waals surface area contributed by atoms with Gasteiger partial charge in [0.2, 0.25) is 0 Å². The lowest BCUT2D eigenvalue weighted by molar-refractivity contribution is -0.115. The molecule has 4 heteroatoms. The van der Waals surface area contributed by atoms with Crippen LogP contribution in [0.4, 0.5) is 0 Å². The summed E-state index contributed by atoms with van der Waals surface area (Å²) in [6.07, 6.45) is 2.99. The second-order valence-electron chi connectivity index (χ2n) is 2.07. The van der Waals surface area contributed by atoms with Gasteiger partial charge in [0.15, 0.2) is 0 Å². The van der Waals surface area contributed by atoms with Gasteiger partial charge in [-0.25, -0.2) is 0 Å². The number of rotatable bonds is 2. The summed E-state index contributed by atoms with van der Waals surface area (Å²) in [4.78, 5) is 11.0. The van der Waals surface area contributed by atoms with Crippen LogP contribution in [0.1, 0.15) is 5.56 Å². The van der Waals surface area contributed by atoms with Gasteiger partial charge in [0.1, 0.15) is 0 Å². The zero-order chi connectivity index (χ0) is 8.27. The van der Waals surface area contributed by atoms with E-state index in [2.05, 4.69) is 11.9 Å². The number of nitrogens with one attached hydrogen (secondary N) is 1. The first-order valence-corrected chi connectivity index (χ1v) is 3.19. The van der Waals surface area contributed by atoms with Crippen molar-refractivity contribution in [3.05, 3.63) is 30.7 Å². The summed E-state index contributed by atoms with van der Waals surface area (Å²) < 4.78 is 4.79. The van der Waals surface area contributed by atoms with Gasteiger partial charge in [0.25, 0.3) is 5.91 Å². The molecule has 3 nitrogen and oxygen atoms in total. The Morgan fingerprint density at radius 2 is 2.33 bits per heavy atom. The van der Waals surface area contributed by atoms with Crippen molar-refractivity contribution < 1.29 is 9.21 Å². The van der Waals surface area contributed by atoms with Crippen LogP contribution in [0.5, 0.6) is 0 Å². The van der Waals surface area contributed by atoms with Crippen molar-refractivity contribution in [3.63, 3.8) is 0 Å². The van der Waals surface area contributed by atoms with Crippen molar-refractivity contribution in [1.82, 2.24) is 5.32 Å². The zero-order valence-corrected chi connectivity index (χ0v) is 7.48. The smallest absolute Gasteiger partial charge is 0.251 e. The lowest BCUT2D eigenvalue weighted by atomic mass is 10.1. The largest absolute Gasteiger partial charge is 0.472 e. The van der Waals surface area contributed by atoms with Crippen molar-refractivity contribution >= 4 is 23.9 Å². The Kier molecular flexibility index (Phi) is 4.15. The summed E-state index contributed by atoms with van der Waals surface area (Å²) in [5.41, 5.74) is 1.13. The minimum absolute atomic E-state index is 0. The molecule has 1 rings (SSSR count). The quantitative estimate of drug-likeness (QED) is 0.713. The van der Waals surface area contributed by atoms with Crippen LogP contribution < -0.4 is 5.32 Å². The summed E-state index contributed by atoms with van der Waals surface area (Å²) >= 11 is 0. The summed E-state index contributed by atoms with van der Waals surface area (Å²) in [5, 5.41) is 2.47. The number of furan rings is 1. The molecule has 1 heterocycles. The molecule has 1 aromatic rings. The molecule has 0 spiro atoms. The van der Waals surface area contributed by atoms with E-state index in [1.165, 1.54) is 12.5 Å². The van der Waals surface area contributed by atoms with Gasteiger partial charge in [0.05, 0.1) is 12.5 Å². The summed E-state index contributed by atoms with van der Waals surface area (Å²) in [7, 11) is 1.56. The first-order chi connectivity index (χ1) is 5.25. The summed E-state index contributed by atoms with van der Waals surface area (Å²) in [6.45, 7) is 3.60. The number of hydrogen-bond acceptors (Lipinski definition) is 2. The minimum Gasteiger partial charge on any atom is -0.472 e. The molecule has 1 aromatic heterocycles. The number of carbonyl (C=O) groups is 1. The molecule has 0 bridgehead atoms. The van der Waals surface area contributed by atoms with Gasteiger partial charge in [0, 0.05) is 18.2 Å². The second kappa shape index (κ2) is 4.62. The predicted octanol–water partition coefficient (Wildman–Crippen LogP) is 1.46. The molecule has 0 aliphatic heterocycles. The van der Waals surface area contributed by atoms with Crippen molar-refractivity contribution in [3.8, 4) is 0 Å². The molecule has 0 saturated carbocycles. The van der Waals surface area contributed by atoms with Crippen molar-refractivity contribution in [2.75, 3.05) is 7.05 Å². The van der Waals surface area contributed by atoms with Crippen LogP contribution in [0.3, 0.4) is 0 Å². The van der Waals surface area contributed by atoms with E-state index in [0.717, 1.165) is 0 Å². The van der Waals surface area contributed by atoms with Crippen molar-refractivity contribution in [1.29, 1.82) is 0 Å². The standard InChI is InChI=1S/C8H9NO2.ClH/c1-6(8(10)9-2)7-3-4-11-5-7;/h3-5H,1H2,2H3,(H,9,10);1H. The highest BCUT2D eigenvalue weighted by Gasteiger charge is 2.06. The topological polar surface area (TPSA) is 42.2 Å². The second-order valence-corrected chi connectivity index (χ2v) is 2.07. The average molecular weight is 188 g/mol. The molecule has 66 valence electrons. The van der Waals surface area contributed by atoms with Crippen molar-refractivity contribution in [2.45, 2.75) is 0 Å². The van der Waals surface area contributed by atoms with Gasteiger partial charge < -0.3 is 9.73 Å². The van der Waals surface area contributed by atoms with Gasteiger partial charge in [-0.05, 0) is 6.07 Å². The third kappa shape index (κ3) is 2.13. The maximum absolute atomic E-state index is 11.0. The van der Waals surface area contributed by atoms with E-state index in [1.54, 1.807) is 13.1 Å². The maximum atomic E-state index is 11.0. The first-order valence-electron chi connectivity index (χ1n) is 3.19. The van der Waals surface area contributed by atoms with Crippen LogP contribution in [0.25, 0.3) is 5.57 Å². The van der Waals surface area contributed by atoms with Crippen molar-refractivity contribution in [2.24, 2.45) is 0 Å². The van der Waals surface area contributed by atoms with E-state index in [-0.39, 0.29) is 18.3 Å². The average Bonchev–Trinajstić information content (AvgIpc) is 2.53. The number of carbonyl (C=O) groups excluding carboxylic acids is 1. The number of hydrogen-bond donors (Lipinski definition) is 1. The van der Waals surface area contributed by atoms with Crippen LogP contribution in [0, 0.1) is 0 Å². The highest BCUT2D eigenvalue weighted by atomic mass is 35.5. The van der Waals surface area contributed by atoms with Gasteiger partial charge in [-0.2, -0.15) is 0 Å². The lowest BCUT2D eigenvalue weighted by Gasteiger charge is -1.98. The van der Waals surface area contributed by atoms with Crippen LogP contribution in [-0.2, 0) is 4.79 Å². The Bertz CT molecular complexity index is 267. The molecule has 12 heavy (non-hydrogen) atoms. The Morgan fingerprint density at radius 1 is 1.67 bits per heavy atom. The maximum Gasteiger partial charge on any atom is 0.251 e. The monoisotopic (exact) mass is 187 g/mol. The normalized spacial score (nSPS) is 8.42. The fraction of sp³-hybridized carbons (Fsp3) is 0.125. The van der Waals surface area contributed by atoms with Crippen LogP contribution in [0.15, 0.2) is 29.6 Å². The molecular weight excluding hydrogens is 178 g/mol. The SMILES string of the molecule is C=C(C(=O)NC)c1ccoc1.Cl. The summed E-state index contributed by atoms with van der Waals surface area (Å²) in [5.74, 6) is -0.189. The van der Waals surface area contributed by atoms with Crippen LogP contribution in [0.2, 0.25) is 0 Å². The lowest BCUT2D eigenvalue weighted by Crippen LogP contribution is -2.18. The number of halogens is 1. The van der Waals surface area contributed by atoms with Gasteiger partial charge in [-0.15, -0.1) is 12.4 Å². The summed E-state index contributed by atoms with van der Waals surface area (Å²) in [6, 6.07) is 1.69. The van der Waals surface area contributed by atoms with E-state index in [1.807, 2.05) is 0 Å². The number of amides is 1. The molecule has 1 N–H and O–H groups in total. The fourth-order valence-electron chi connectivity index (χ4n) is 0.718. The Balaban J connectivity index is 0.00000121. The zero-order valence-electron chi connectivity index (χ0n) is 6.66. The Labute approximate surface area is 76.9 Å². The Morgan fingerprint density at radius 3 is 2.75 bits per heavy atom. The predicted molar refractivity (Wildman–Crippen MR) is 49.1 cm³/mol. The highest BCUT2D eigenvalue weighted by Crippen LogP contribution is 2.11. The molecule has 0 aliphatic carbocycles. The molecule has 0 atom stereocenters. The number of likely N-dealkylation sites (N-methyl/N-ethyl adjacent to an activating group) is 1. The van der Waals surface area contributed by atoms with E-state index in [0.29, 0.717) is 11.1 Å². The van der Waals surface area contributed by atoms with Crippen LogP contribution in [-0.4, -0.2) is 13.0 Å². The van der Waals surface area contributed by atoms with Gasteiger partial charge >= 0.3 is 0 Å². The van der Waals surface area contributed by atoms with E-state index >= 15 is 0 Å². The van der Waals surface area contributed by atoms with Crippen LogP contribution >= 0.6 is 12.4 Å². The molecule has 0 fully saturated rings. The molecule has 0 aliphatic rings. The van der Waals surface area contributed by atoms with Gasteiger partial charge in [-0.3, -0.25) is 4.79 Å². The molecule has 1 amide bonds. The third-order valence-electron chi connectivity index (χ3n) is 1.37. The molecular formula is C8H10ClNO2. The molecule has 0 saturated heterocycles. The van der Waals surface area contributed by atoms with E-state index < -0.39 is 0 Å². The van der Waals surface area contributed by atoms with E-state index in [4.69, 9.17) is 4.42 Å². The fourth-order valence-corrected chi connectivity index (χ4v) is 0.718. The minimum atomic E-state index is -0.189. The molecule has 0 radical (unpaired) electrons. The molecule has 0 unspecified atom stereocenters. The highest BCUT2D eigenvalue weighted by molar-refractivity contribution is 6.18. The molecule has 0 aromatic carbocycles. The van der Waals surface area contributed by atoms with Gasteiger partial charge in [-0.1, -0.05) is 6.58 Å². The Hall–Kier alpha value is -1.22.